The molecule has 2 atom stereocenters. The van der Waals surface area contributed by atoms with Crippen molar-refractivity contribution >= 4 is 11.8 Å². The Morgan fingerprint density at radius 3 is 2.67 bits per heavy atom. The minimum absolute atomic E-state index is 0.0227. The Bertz CT molecular complexity index is 946. The van der Waals surface area contributed by atoms with Gasteiger partial charge in [0, 0.05) is 38.3 Å². The molecule has 0 N–H and O–H groups in total. The Morgan fingerprint density at radius 2 is 1.97 bits per heavy atom. The maximum Gasteiger partial charge on any atom is 0.255 e. The molecule has 1 aromatic heterocycles. The highest BCUT2D eigenvalue weighted by Gasteiger charge is 2.49. The summed E-state index contributed by atoms with van der Waals surface area (Å²) in [6.07, 6.45) is 5.59. The van der Waals surface area contributed by atoms with Gasteiger partial charge in [-0.05, 0) is 56.4 Å². The molecule has 2 aromatic rings. The molecule has 2 saturated heterocycles. The standard InChI is InChI=1S/C24H28FN3O2/c1-17(29)28-14-5-9-22-24(28,2)12-6-13-27(22)23(30)19-10-11-20(26-16-19)15-18-7-3-4-8-21(18)25/h3-4,7-8,10-11,16,22H,5-6,9,12-15H2,1-2H3/t22-,24-/m0/s1. The van der Waals surface area contributed by atoms with E-state index in [-0.39, 0.29) is 29.2 Å². The highest BCUT2D eigenvalue weighted by Crippen LogP contribution is 2.39. The van der Waals surface area contributed by atoms with E-state index in [9.17, 15) is 14.0 Å². The molecule has 4 rings (SSSR count). The highest BCUT2D eigenvalue weighted by atomic mass is 19.1. The first-order valence-electron chi connectivity index (χ1n) is 10.7. The number of benzene rings is 1. The third-order valence-corrected chi connectivity index (χ3v) is 6.69. The number of rotatable bonds is 3. The number of hydrogen-bond acceptors (Lipinski definition) is 3. The number of piperidine rings is 2. The SMILES string of the molecule is CC(=O)N1CCC[C@@H]2N(C(=O)c3ccc(Cc4ccccc4F)nc3)CCC[C@@]21C. The summed E-state index contributed by atoms with van der Waals surface area (Å²) in [5, 5.41) is 0. The van der Waals surface area contributed by atoms with Crippen LogP contribution in [0.3, 0.4) is 0 Å². The fourth-order valence-electron chi connectivity index (χ4n) is 5.16. The Morgan fingerprint density at radius 1 is 1.17 bits per heavy atom. The molecule has 6 heteroatoms. The molecule has 0 saturated carbocycles. The quantitative estimate of drug-likeness (QED) is 0.775. The molecule has 158 valence electrons. The monoisotopic (exact) mass is 409 g/mol. The lowest BCUT2D eigenvalue weighted by Gasteiger charge is -2.56. The third kappa shape index (κ3) is 3.71. The summed E-state index contributed by atoms with van der Waals surface area (Å²) in [4.78, 5) is 33.8. The number of hydrogen-bond donors (Lipinski definition) is 0. The van der Waals surface area contributed by atoms with E-state index >= 15 is 0 Å². The van der Waals surface area contributed by atoms with E-state index in [0.29, 0.717) is 24.1 Å². The summed E-state index contributed by atoms with van der Waals surface area (Å²) in [6.45, 7) is 5.19. The minimum Gasteiger partial charge on any atom is -0.335 e. The van der Waals surface area contributed by atoms with Crippen molar-refractivity contribution in [2.24, 2.45) is 0 Å². The Hall–Kier alpha value is -2.76. The van der Waals surface area contributed by atoms with Crippen LogP contribution in [0.15, 0.2) is 42.6 Å². The van der Waals surface area contributed by atoms with Gasteiger partial charge >= 0.3 is 0 Å². The number of nitrogens with zero attached hydrogens (tertiary/aromatic N) is 3. The number of carbonyl (C=O) groups is 2. The van der Waals surface area contributed by atoms with Gasteiger partial charge in [-0.3, -0.25) is 14.6 Å². The largest absolute Gasteiger partial charge is 0.335 e. The average Bonchev–Trinajstić information content (AvgIpc) is 2.74. The molecular weight excluding hydrogens is 381 g/mol. The first-order valence-corrected chi connectivity index (χ1v) is 10.7. The molecule has 0 radical (unpaired) electrons. The molecule has 2 amide bonds. The van der Waals surface area contributed by atoms with Gasteiger partial charge < -0.3 is 9.80 Å². The van der Waals surface area contributed by atoms with Gasteiger partial charge in [-0.25, -0.2) is 4.39 Å². The Labute approximate surface area is 176 Å². The van der Waals surface area contributed by atoms with E-state index in [4.69, 9.17) is 0 Å². The number of halogens is 1. The lowest BCUT2D eigenvalue weighted by Crippen LogP contribution is -2.67. The van der Waals surface area contributed by atoms with Crippen molar-refractivity contribution in [1.82, 2.24) is 14.8 Å². The molecule has 0 aliphatic carbocycles. The van der Waals surface area contributed by atoms with Gasteiger partial charge in [-0.1, -0.05) is 18.2 Å². The van der Waals surface area contributed by atoms with Crippen LogP contribution in [0.25, 0.3) is 0 Å². The van der Waals surface area contributed by atoms with E-state index in [2.05, 4.69) is 11.9 Å². The van der Waals surface area contributed by atoms with Crippen LogP contribution in [-0.2, 0) is 11.2 Å². The van der Waals surface area contributed by atoms with Crippen molar-refractivity contribution in [2.75, 3.05) is 13.1 Å². The van der Waals surface area contributed by atoms with Crippen LogP contribution in [0.1, 0.15) is 61.1 Å². The van der Waals surface area contributed by atoms with E-state index in [1.807, 2.05) is 9.80 Å². The lowest BCUT2D eigenvalue weighted by molar-refractivity contribution is -0.143. The van der Waals surface area contributed by atoms with Crippen LogP contribution in [0, 0.1) is 5.82 Å². The van der Waals surface area contributed by atoms with Gasteiger partial charge in [0.2, 0.25) is 5.91 Å². The lowest BCUT2D eigenvalue weighted by atomic mass is 9.76. The van der Waals surface area contributed by atoms with Crippen molar-refractivity contribution in [3.05, 3.63) is 65.2 Å². The molecule has 0 spiro atoms. The van der Waals surface area contributed by atoms with E-state index in [0.717, 1.165) is 37.9 Å². The molecular formula is C24H28FN3O2. The maximum atomic E-state index is 13.9. The predicted octanol–water partition coefficient (Wildman–Crippen LogP) is 3.82. The first-order chi connectivity index (χ1) is 14.4. The van der Waals surface area contributed by atoms with Crippen molar-refractivity contribution in [2.45, 2.75) is 57.5 Å². The summed E-state index contributed by atoms with van der Waals surface area (Å²) in [7, 11) is 0. The van der Waals surface area contributed by atoms with Crippen molar-refractivity contribution < 1.29 is 14.0 Å². The molecule has 1 aromatic carbocycles. The predicted molar refractivity (Wildman–Crippen MR) is 113 cm³/mol. The Balaban J connectivity index is 1.52. The van der Waals surface area contributed by atoms with Gasteiger partial charge in [0.15, 0.2) is 0 Å². The van der Waals surface area contributed by atoms with Crippen molar-refractivity contribution in [1.29, 1.82) is 0 Å². The van der Waals surface area contributed by atoms with Crippen molar-refractivity contribution in [3.8, 4) is 0 Å². The molecule has 0 bridgehead atoms. The minimum atomic E-state index is -0.309. The second-order valence-corrected chi connectivity index (χ2v) is 8.59. The number of pyridine rings is 1. The fourth-order valence-corrected chi connectivity index (χ4v) is 5.16. The zero-order valence-corrected chi connectivity index (χ0v) is 17.6. The van der Waals surface area contributed by atoms with E-state index < -0.39 is 0 Å². The van der Waals surface area contributed by atoms with Gasteiger partial charge in [-0.15, -0.1) is 0 Å². The highest BCUT2D eigenvalue weighted by molar-refractivity contribution is 5.94. The number of carbonyl (C=O) groups excluding carboxylic acids is 2. The summed E-state index contributed by atoms with van der Waals surface area (Å²) in [5.41, 5.74) is 1.54. The molecule has 2 fully saturated rings. The molecule has 2 aliphatic rings. The summed E-state index contributed by atoms with van der Waals surface area (Å²) < 4.78 is 13.9. The second-order valence-electron chi connectivity index (χ2n) is 8.59. The van der Waals surface area contributed by atoms with Gasteiger partial charge in [0.25, 0.3) is 5.91 Å². The smallest absolute Gasteiger partial charge is 0.255 e. The van der Waals surface area contributed by atoms with Crippen LogP contribution >= 0.6 is 0 Å². The first kappa shape index (κ1) is 20.5. The number of aromatic nitrogens is 1. The van der Waals surface area contributed by atoms with Crippen LogP contribution in [-0.4, -0.2) is 51.3 Å². The van der Waals surface area contributed by atoms with E-state index in [1.165, 1.54) is 6.07 Å². The molecule has 2 aliphatic heterocycles. The zero-order valence-electron chi connectivity index (χ0n) is 17.6. The molecule has 5 nitrogen and oxygen atoms in total. The maximum absolute atomic E-state index is 13.9. The number of fused-ring (bicyclic) bond motifs is 1. The summed E-state index contributed by atoms with van der Waals surface area (Å²) in [5.74, 6) is -0.212. The van der Waals surface area contributed by atoms with Crippen molar-refractivity contribution in [3.63, 3.8) is 0 Å². The topological polar surface area (TPSA) is 53.5 Å². The van der Waals surface area contributed by atoms with Crippen LogP contribution in [0.4, 0.5) is 4.39 Å². The summed E-state index contributed by atoms with van der Waals surface area (Å²) in [6, 6.07) is 10.3. The van der Waals surface area contributed by atoms with Gasteiger partial charge in [0.1, 0.15) is 5.82 Å². The van der Waals surface area contributed by atoms with Crippen LogP contribution in [0.5, 0.6) is 0 Å². The van der Waals surface area contributed by atoms with Gasteiger partial charge in [-0.2, -0.15) is 0 Å². The van der Waals surface area contributed by atoms with Crippen LogP contribution < -0.4 is 0 Å². The molecule has 0 unspecified atom stereocenters. The van der Waals surface area contributed by atoms with Gasteiger partial charge in [0.05, 0.1) is 17.1 Å². The number of likely N-dealkylation sites (tertiary alicyclic amines) is 2. The normalized spacial score (nSPS) is 23.8. The fraction of sp³-hybridized carbons (Fsp3) is 0.458. The average molecular weight is 410 g/mol. The van der Waals surface area contributed by atoms with Crippen LogP contribution in [0.2, 0.25) is 0 Å². The third-order valence-electron chi connectivity index (χ3n) is 6.69. The zero-order chi connectivity index (χ0) is 21.3. The van der Waals surface area contributed by atoms with E-state index in [1.54, 1.807) is 43.5 Å². The molecule has 30 heavy (non-hydrogen) atoms. The Kier molecular flexibility index (Phi) is 5.58. The molecule has 3 heterocycles. The second kappa shape index (κ2) is 8.17. The summed E-state index contributed by atoms with van der Waals surface area (Å²) >= 11 is 0. The number of amides is 2.